The molecule has 1 amide bonds. The van der Waals surface area contributed by atoms with Gasteiger partial charge < -0.3 is 20.3 Å². The van der Waals surface area contributed by atoms with E-state index in [4.69, 9.17) is 4.74 Å². The average Bonchev–Trinajstić information content (AvgIpc) is 2.57. The minimum Gasteiger partial charge on any atom is -0.494 e. The normalized spacial score (nSPS) is 11.9. The highest BCUT2D eigenvalue weighted by Gasteiger charge is 2.16. The second kappa shape index (κ2) is 11.5. The summed E-state index contributed by atoms with van der Waals surface area (Å²) in [7, 11) is 1.88. The minimum atomic E-state index is -0.238. The van der Waals surface area contributed by atoms with Crippen LogP contribution in [0.3, 0.4) is 0 Å². The number of carbonyl (C=O) groups excluding carboxylic acids is 1. The van der Waals surface area contributed by atoms with Crippen molar-refractivity contribution in [2.24, 2.45) is 4.99 Å². The van der Waals surface area contributed by atoms with Crippen molar-refractivity contribution in [2.75, 3.05) is 33.3 Å². The summed E-state index contributed by atoms with van der Waals surface area (Å²) in [6.07, 6.45) is 1.82. The maximum Gasteiger partial charge on any atom is 0.240 e. The first kappa shape index (κ1) is 22.8. The Bertz CT molecular complexity index is 608. The topological polar surface area (TPSA) is 66.0 Å². The zero-order valence-electron chi connectivity index (χ0n) is 17.8. The molecule has 0 aliphatic rings. The molecule has 0 radical (unpaired) electrons. The Morgan fingerprint density at radius 2 is 2.00 bits per heavy atom. The Hall–Kier alpha value is -2.24. The molecule has 1 rings (SSSR count). The van der Waals surface area contributed by atoms with Crippen molar-refractivity contribution in [3.05, 3.63) is 29.8 Å². The van der Waals surface area contributed by atoms with E-state index in [0.29, 0.717) is 6.54 Å². The van der Waals surface area contributed by atoms with Crippen molar-refractivity contribution in [1.29, 1.82) is 0 Å². The first-order valence-corrected chi connectivity index (χ1v) is 9.77. The number of amides is 1. The number of carbonyl (C=O) groups is 1. The molecule has 1 aromatic rings. The molecular weight excluding hydrogens is 340 g/mol. The molecule has 0 heterocycles. The molecule has 0 fully saturated rings. The van der Waals surface area contributed by atoms with Crippen LogP contribution in [-0.2, 0) is 11.2 Å². The van der Waals surface area contributed by atoms with Gasteiger partial charge in [-0.1, -0.05) is 19.1 Å². The van der Waals surface area contributed by atoms with Crippen LogP contribution in [0.2, 0.25) is 0 Å². The van der Waals surface area contributed by atoms with Crippen molar-refractivity contribution in [3.8, 4) is 5.75 Å². The second-order valence-corrected chi connectivity index (χ2v) is 7.64. The van der Waals surface area contributed by atoms with Gasteiger partial charge in [-0.15, -0.1) is 0 Å². The number of aliphatic imine (C=N–C) groups is 1. The summed E-state index contributed by atoms with van der Waals surface area (Å²) >= 11 is 0. The lowest BCUT2D eigenvalue weighted by Crippen LogP contribution is -2.48. The molecule has 0 aliphatic carbocycles. The monoisotopic (exact) mass is 376 g/mol. The van der Waals surface area contributed by atoms with Gasteiger partial charge in [-0.2, -0.15) is 0 Å². The molecule has 0 atom stereocenters. The Balaban J connectivity index is 2.63. The molecule has 0 aliphatic heterocycles. The van der Waals surface area contributed by atoms with Gasteiger partial charge in [0.15, 0.2) is 5.96 Å². The molecule has 6 heteroatoms. The molecule has 2 N–H and O–H groups in total. The van der Waals surface area contributed by atoms with Crippen LogP contribution in [0.25, 0.3) is 0 Å². The molecule has 0 unspecified atom stereocenters. The van der Waals surface area contributed by atoms with Gasteiger partial charge in [-0.25, -0.2) is 0 Å². The minimum absolute atomic E-state index is 0.0172. The van der Waals surface area contributed by atoms with E-state index >= 15 is 0 Å². The third-order valence-electron chi connectivity index (χ3n) is 3.63. The highest BCUT2D eigenvalue weighted by Crippen LogP contribution is 2.14. The number of nitrogens with zero attached hydrogens (tertiary/aromatic N) is 2. The predicted molar refractivity (Wildman–Crippen MR) is 112 cm³/mol. The Morgan fingerprint density at radius 3 is 2.63 bits per heavy atom. The van der Waals surface area contributed by atoms with Gasteiger partial charge in [-0.3, -0.25) is 9.79 Å². The molecule has 0 aromatic heterocycles. The second-order valence-electron chi connectivity index (χ2n) is 7.64. The van der Waals surface area contributed by atoms with Crippen LogP contribution >= 0.6 is 0 Å². The molecule has 6 nitrogen and oxygen atoms in total. The van der Waals surface area contributed by atoms with Gasteiger partial charge in [0.1, 0.15) is 5.75 Å². The smallest absolute Gasteiger partial charge is 0.240 e. The summed E-state index contributed by atoms with van der Waals surface area (Å²) in [4.78, 5) is 18.7. The maximum absolute atomic E-state index is 12.1. The highest BCUT2D eigenvalue weighted by molar-refractivity contribution is 5.86. The van der Waals surface area contributed by atoms with E-state index in [1.807, 2.05) is 51.8 Å². The van der Waals surface area contributed by atoms with E-state index in [-0.39, 0.29) is 18.0 Å². The van der Waals surface area contributed by atoms with E-state index in [9.17, 15) is 4.79 Å². The quantitative estimate of drug-likeness (QED) is 0.514. The molecule has 152 valence electrons. The standard InChI is InChI=1S/C21H36N4O2/c1-7-14-27-18-11-9-10-17(15-18)12-13-23-20(22-8-2)25(6)16-19(26)24-21(3,4)5/h9-11,15H,7-8,12-14,16H2,1-6H3,(H,22,23)(H,24,26). The fraction of sp³-hybridized carbons (Fsp3) is 0.619. The van der Waals surface area contributed by atoms with E-state index in [2.05, 4.69) is 34.7 Å². The number of rotatable bonds is 9. The van der Waals surface area contributed by atoms with E-state index in [0.717, 1.165) is 37.7 Å². The summed E-state index contributed by atoms with van der Waals surface area (Å²) < 4.78 is 5.68. The third kappa shape index (κ3) is 9.87. The van der Waals surface area contributed by atoms with Gasteiger partial charge >= 0.3 is 0 Å². The van der Waals surface area contributed by atoms with Crippen LogP contribution in [0.4, 0.5) is 0 Å². The number of hydrogen-bond acceptors (Lipinski definition) is 3. The first-order valence-electron chi connectivity index (χ1n) is 9.77. The van der Waals surface area contributed by atoms with Crippen LogP contribution in [0.5, 0.6) is 5.75 Å². The summed E-state index contributed by atoms with van der Waals surface area (Å²) in [6, 6.07) is 8.15. The number of likely N-dealkylation sites (N-methyl/N-ethyl adjacent to an activating group) is 1. The molecule has 0 bridgehead atoms. The van der Waals surface area contributed by atoms with E-state index < -0.39 is 0 Å². The van der Waals surface area contributed by atoms with Crippen LogP contribution in [-0.4, -0.2) is 55.6 Å². The number of benzene rings is 1. The third-order valence-corrected chi connectivity index (χ3v) is 3.63. The zero-order chi connectivity index (χ0) is 20.3. The van der Waals surface area contributed by atoms with Crippen LogP contribution in [0, 0.1) is 0 Å². The molecule has 27 heavy (non-hydrogen) atoms. The van der Waals surface area contributed by atoms with Gasteiger partial charge in [-0.05, 0) is 58.2 Å². The number of ether oxygens (including phenoxy) is 1. The highest BCUT2D eigenvalue weighted by atomic mass is 16.5. The summed E-state index contributed by atoms with van der Waals surface area (Å²) in [5.74, 6) is 1.62. The molecule has 0 saturated heterocycles. The molecular formula is C21H36N4O2. The van der Waals surface area contributed by atoms with Gasteiger partial charge in [0.05, 0.1) is 13.2 Å². The molecule has 1 aromatic carbocycles. The van der Waals surface area contributed by atoms with Crippen LogP contribution in [0.15, 0.2) is 29.3 Å². The maximum atomic E-state index is 12.1. The summed E-state index contributed by atoms with van der Waals surface area (Å²) in [5.41, 5.74) is 0.953. The molecule has 0 spiro atoms. The van der Waals surface area contributed by atoms with Gasteiger partial charge in [0.2, 0.25) is 5.91 Å². The van der Waals surface area contributed by atoms with Crippen molar-refractivity contribution in [3.63, 3.8) is 0 Å². The first-order chi connectivity index (χ1) is 12.7. The van der Waals surface area contributed by atoms with Crippen molar-refractivity contribution in [1.82, 2.24) is 15.5 Å². The fourth-order valence-electron chi connectivity index (χ4n) is 2.52. The van der Waals surface area contributed by atoms with Crippen molar-refractivity contribution < 1.29 is 9.53 Å². The van der Waals surface area contributed by atoms with Crippen LogP contribution < -0.4 is 15.4 Å². The molecule has 0 saturated carbocycles. The lowest BCUT2D eigenvalue weighted by Gasteiger charge is -2.25. The SMILES string of the molecule is CCCOc1cccc(CCN=C(NCC)N(C)CC(=O)NC(C)(C)C)c1. The van der Waals surface area contributed by atoms with Crippen LogP contribution in [0.1, 0.15) is 46.6 Å². The number of nitrogens with one attached hydrogen (secondary N) is 2. The zero-order valence-corrected chi connectivity index (χ0v) is 17.8. The Kier molecular flexibility index (Phi) is 9.68. The fourth-order valence-corrected chi connectivity index (χ4v) is 2.52. The largest absolute Gasteiger partial charge is 0.494 e. The number of guanidine groups is 1. The Labute approximate surface area is 164 Å². The van der Waals surface area contributed by atoms with Crippen molar-refractivity contribution >= 4 is 11.9 Å². The average molecular weight is 377 g/mol. The summed E-state index contributed by atoms with van der Waals surface area (Å²) in [6.45, 7) is 12.4. The van der Waals surface area contributed by atoms with E-state index in [1.165, 1.54) is 5.56 Å². The van der Waals surface area contributed by atoms with Gasteiger partial charge in [0.25, 0.3) is 0 Å². The number of hydrogen-bond donors (Lipinski definition) is 2. The predicted octanol–water partition coefficient (Wildman–Crippen LogP) is 2.83. The van der Waals surface area contributed by atoms with Gasteiger partial charge in [0, 0.05) is 25.7 Å². The lowest BCUT2D eigenvalue weighted by atomic mass is 10.1. The Morgan fingerprint density at radius 1 is 1.26 bits per heavy atom. The van der Waals surface area contributed by atoms with Crippen molar-refractivity contribution in [2.45, 2.75) is 53.0 Å². The lowest BCUT2D eigenvalue weighted by molar-refractivity contribution is -0.122. The summed E-state index contributed by atoms with van der Waals surface area (Å²) in [5, 5.41) is 6.22. The van der Waals surface area contributed by atoms with E-state index in [1.54, 1.807) is 0 Å².